The first-order valence-corrected chi connectivity index (χ1v) is 7.47. The Kier molecular flexibility index (Phi) is 5.28. The molecule has 1 aromatic heterocycles. The number of amides is 1. The number of hydrogen-bond donors (Lipinski definition) is 1. The average molecular weight is 357 g/mol. The summed E-state index contributed by atoms with van der Waals surface area (Å²) in [5, 5.41) is 13.6. The zero-order valence-corrected chi connectivity index (χ0v) is 13.3. The van der Waals surface area contributed by atoms with E-state index in [1.807, 2.05) is 0 Å². The van der Waals surface area contributed by atoms with Crippen molar-refractivity contribution in [3.8, 4) is 11.4 Å². The third-order valence-electron chi connectivity index (χ3n) is 3.26. The highest BCUT2D eigenvalue weighted by molar-refractivity contribution is 6.02. The summed E-state index contributed by atoms with van der Waals surface area (Å²) in [6, 6.07) is 13.0. The smallest absolute Gasteiger partial charge is 0.387 e. The molecular weight excluding hydrogens is 344 g/mol. The van der Waals surface area contributed by atoms with E-state index in [4.69, 9.17) is 0 Å². The molecule has 1 heterocycles. The van der Waals surface area contributed by atoms with Crippen molar-refractivity contribution >= 4 is 17.7 Å². The predicted molar refractivity (Wildman–Crippen MR) is 89.9 cm³/mol. The van der Waals surface area contributed by atoms with Crippen LogP contribution in [0.25, 0.3) is 11.8 Å². The molecule has 0 aliphatic rings. The molecule has 0 unspecified atom stereocenters. The number of nitrogens with one attached hydrogen (secondary N) is 1. The maximum Gasteiger partial charge on any atom is 0.387 e. The van der Waals surface area contributed by atoms with E-state index >= 15 is 0 Å². The molecule has 0 saturated heterocycles. The van der Waals surface area contributed by atoms with Crippen molar-refractivity contribution in [1.82, 2.24) is 20.2 Å². The summed E-state index contributed by atoms with van der Waals surface area (Å²) in [5.41, 5.74) is 1.95. The Morgan fingerprint density at radius 1 is 1.19 bits per heavy atom. The summed E-state index contributed by atoms with van der Waals surface area (Å²) in [6.45, 7) is -2.87. The van der Waals surface area contributed by atoms with Crippen molar-refractivity contribution in [3.63, 3.8) is 0 Å². The van der Waals surface area contributed by atoms with Crippen LogP contribution in [0.15, 0.2) is 60.9 Å². The first kappa shape index (κ1) is 17.2. The van der Waals surface area contributed by atoms with Gasteiger partial charge in [-0.25, -0.2) is 4.68 Å². The fraction of sp³-hybridized carbons (Fsp3) is 0.0588. The standard InChI is InChI=1S/C17H13F2N5O2/c18-17(19)26-15-7-4-12(5-8-15)6-9-16(25)21-13-2-1-3-14(10-13)24-11-20-22-23-24/h1-11,17H,(H,21,25)/b9-6+. The lowest BCUT2D eigenvalue weighted by molar-refractivity contribution is -0.111. The molecule has 0 saturated carbocycles. The van der Waals surface area contributed by atoms with E-state index in [-0.39, 0.29) is 11.7 Å². The number of benzene rings is 2. The number of hydrogen-bond acceptors (Lipinski definition) is 5. The summed E-state index contributed by atoms with van der Waals surface area (Å²) in [5.74, 6) is -0.284. The number of ether oxygens (including phenoxy) is 1. The molecule has 3 aromatic rings. The fourth-order valence-corrected chi connectivity index (χ4v) is 2.12. The molecule has 7 nitrogen and oxygen atoms in total. The van der Waals surface area contributed by atoms with Crippen LogP contribution in [0.5, 0.6) is 5.75 Å². The number of halogens is 2. The van der Waals surface area contributed by atoms with Gasteiger partial charge >= 0.3 is 6.61 Å². The normalized spacial score (nSPS) is 11.0. The van der Waals surface area contributed by atoms with E-state index in [1.165, 1.54) is 29.2 Å². The number of rotatable bonds is 6. The van der Waals surface area contributed by atoms with Gasteiger partial charge in [0.15, 0.2) is 0 Å². The molecule has 0 bridgehead atoms. The molecule has 3 rings (SSSR count). The van der Waals surface area contributed by atoms with E-state index in [1.54, 1.807) is 42.5 Å². The van der Waals surface area contributed by atoms with Crippen LogP contribution in [0, 0.1) is 0 Å². The first-order chi connectivity index (χ1) is 12.6. The van der Waals surface area contributed by atoms with Crippen molar-refractivity contribution in [2.75, 3.05) is 5.32 Å². The highest BCUT2D eigenvalue weighted by Crippen LogP contribution is 2.16. The van der Waals surface area contributed by atoms with Crippen LogP contribution in [-0.2, 0) is 4.79 Å². The van der Waals surface area contributed by atoms with E-state index in [9.17, 15) is 13.6 Å². The number of carbonyl (C=O) groups excluding carboxylic acids is 1. The molecular formula is C17H13F2N5O2. The Labute approximate surface area is 146 Å². The van der Waals surface area contributed by atoms with Gasteiger partial charge in [-0.1, -0.05) is 18.2 Å². The van der Waals surface area contributed by atoms with Crippen LogP contribution in [-0.4, -0.2) is 32.7 Å². The van der Waals surface area contributed by atoms with Crippen molar-refractivity contribution in [2.45, 2.75) is 6.61 Å². The number of anilines is 1. The van der Waals surface area contributed by atoms with E-state index in [2.05, 4.69) is 25.6 Å². The van der Waals surface area contributed by atoms with E-state index in [0.717, 1.165) is 0 Å². The summed E-state index contributed by atoms with van der Waals surface area (Å²) in [6.07, 6.45) is 4.35. The number of tetrazole rings is 1. The minimum Gasteiger partial charge on any atom is -0.435 e. The summed E-state index contributed by atoms with van der Waals surface area (Å²) >= 11 is 0. The number of aromatic nitrogens is 4. The average Bonchev–Trinajstić information content (AvgIpc) is 3.16. The van der Waals surface area contributed by atoms with Gasteiger partial charge in [0.2, 0.25) is 5.91 Å². The minimum absolute atomic E-state index is 0.0565. The Morgan fingerprint density at radius 3 is 2.69 bits per heavy atom. The number of nitrogens with zero attached hydrogens (tertiary/aromatic N) is 4. The molecule has 132 valence electrons. The lowest BCUT2D eigenvalue weighted by Gasteiger charge is -2.05. The lowest BCUT2D eigenvalue weighted by atomic mass is 10.2. The summed E-state index contributed by atoms with van der Waals surface area (Å²) in [4.78, 5) is 12.0. The van der Waals surface area contributed by atoms with Gasteiger partial charge in [0, 0.05) is 11.8 Å². The number of carbonyl (C=O) groups is 1. The number of alkyl halides is 2. The second-order valence-corrected chi connectivity index (χ2v) is 5.07. The van der Waals surface area contributed by atoms with Crippen LogP contribution in [0.1, 0.15) is 5.56 Å². The highest BCUT2D eigenvalue weighted by atomic mass is 19.3. The van der Waals surface area contributed by atoms with Crippen LogP contribution >= 0.6 is 0 Å². The second-order valence-electron chi connectivity index (χ2n) is 5.07. The quantitative estimate of drug-likeness (QED) is 0.686. The zero-order valence-electron chi connectivity index (χ0n) is 13.3. The van der Waals surface area contributed by atoms with Crippen LogP contribution < -0.4 is 10.1 Å². The Bertz CT molecular complexity index is 896. The molecule has 0 fully saturated rings. The van der Waals surface area contributed by atoms with Crippen LogP contribution in [0.3, 0.4) is 0 Å². The molecule has 0 spiro atoms. The van der Waals surface area contributed by atoms with Crippen molar-refractivity contribution in [2.24, 2.45) is 0 Å². The molecule has 26 heavy (non-hydrogen) atoms. The monoisotopic (exact) mass is 357 g/mol. The van der Waals surface area contributed by atoms with Gasteiger partial charge in [-0.2, -0.15) is 8.78 Å². The van der Waals surface area contributed by atoms with Gasteiger partial charge in [-0.3, -0.25) is 4.79 Å². The topological polar surface area (TPSA) is 81.9 Å². The molecule has 1 amide bonds. The second kappa shape index (κ2) is 7.97. The predicted octanol–water partition coefficient (Wildman–Crippen LogP) is 2.92. The Morgan fingerprint density at radius 2 is 2.00 bits per heavy atom. The first-order valence-electron chi connectivity index (χ1n) is 7.47. The third-order valence-corrected chi connectivity index (χ3v) is 3.26. The molecule has 0 atom stereocenters. The fourth-order valence-electron chi connectivity index (χ4n) is 2.12. The molecule has 1 N–H and O–H groups in total. The maximum absolute atomic E-state index is 12.1. The Hall–Kier alpha value is -3.62. The van der Waals surface area contributed by atoms with Gasteiger partial charge in [0.1, 0.15) is 12.1 Å². The summed E-state index contributed by atoms with van der Waals surface area (Å²) < 4.78 is 29.9. The molecule has 2 aromatic carbocycles. The largest absolute Gasteiger partial charge is 0.435 e. The maximum atomic E-state index is 12.1. The van der Waals surface area contributed by atoms with Gasteiger partial charge in [-0.15, -0.1) is 5.10 Å². The Balaban J connectivity index is 1.62. The zero-order chi connectivity index (χ0) is 18.4. The molecule has 0 radical (unpaired) electrons. The van der Waals surface area contributed by atoms with Gasteiger partial charge < -0.3 is 10.1 Å². The van der Waals surface area contributed by atoms with Crippen LogP contribution in [0.2, 0.25) is 0 Å². The van der Waals surface area contributed by atoms with Crippen molar-refractivity contribution in [3.05, 3.63) is 66.5 Å². The minimum atomic E-state index is -2.87. The molecule has 9 heteroatoms. The SMILES string of the molecule is O=C(/C=C/c1ccc(OC(F)F)cc1)Nc1cccc(-n2cnnn2)c1. The highest BCUT2D eigenvalue weighted by Gasteiger charge is 2.04. The van der Waals surface area contributed by atoms with E-state index < -0.39 is 6.61 Å². The van der Waals surface area contributed by atoms with Gasteiger partial charge in [0.25, 0.3) is 0 Å². The van der Waals surface area contributed by atoms with Crippen molar-refractivity contribution < 1.29 is 18.3 Å². The van der Waals surface area contributed by atoms with Gasteiger partial charge in [-0.05, 0) is 52.4 Å². The van der Waals surface area contributed by atoms with E-state index in [0.29, 0.717) is 16.9 Å². The van der Waals surface area contributed by atoms with Crippen molar-refractivity contribution in [1.29, 1.82) is 0 Å². The molecule has 0 aliphatic carbocycles. The lowest BCUT2D eigenvalue weighted by Crippen LogP contribution is -2.08. The van der Waals surface area contributed by atoms with Gasteiger partial charge in [0.05, 0.1) is 5.69 Å². The van der Waals surface area contributed by atoms with Crippen LogP contribution in [0.4, 0.5) is 14.5 Å². The molecule has 0 aliphatic heterocycles. The third kappa shape index (κ3) is 4.69. The summed E-state index contributed by atoms with van der Waals surface area (Å²) in [7, 11) is 0.